The zero-order chi connectivity index (χ0) is 22.6. The van der Waals surface area contributed by atoms with Crippen molar-refractivity contribution in [1.82, 2.24) is 19.9 Å². The van der Waals surface area contributed by atoms with Gasteiger partial charge < -0.3 is 19.9 Å². The van der Waals surface area contributed by atoms with Gasteiger partial charge in [0.15, 0.2) is 5.78 Å². The highest BCUT2D eigenvalue weighted by molar-refractivity contribution is 6.35. The molecule has 0 unspecified atom stereocenters. The zero-order valence-electron chi connectivity index (χ0n) is 18.1. The molecule has 5 rings (SSSR count). The van der Waals surface area contributed by atoms with E-state index < -0.39 is 0 Å². The van der Waals surface area contributed by atoms with Crippen LogP contribution in [0.2, 0.25) is 5.02 Å². The van der Waals surface area contributed by atoms with Crippen molar-refractivity contribution >= 4 is 34.2 Å². The van der Waals surface area contributed by atoms with Gasteiger partial charge in [0.1, 0.15) is 29.3 Å². The average molecular weight is 462 g/mol. The number of hydrogen-bond donors (Lipinski definition) is 2. The Bertz CT molecular complexity index is 1270. The Morgan fingerprint density at radius 3 is 2.67 bits per heavy atom. The van der Waals surface area contributed by atoms with Crippen molar-refractivity contribution in [3.8, 4) is 11.5 Å². The number of likely N-dealkylation sites (tertiary alicyclic amines) is 1. The van der Waals surface area contributed by atoms with Gasteiger partial charge in [-0.3, -0.25) is 4.79 Å². The van der Waals surface area contributed by atoms with E-state index in [2.05, 4.69) is 25.2 Å². The first-order valence-electron chi connectivity index (χ1n) is 11.0. The first-order valence-corrected chi connectivity index (χ1v) is 11.4. The molecule has 2 N–H and O–H groups in total. The molecule has 168 valence electrons. The van der Waals surface area contributed by atoms with Gasteiger partial charge in [-0.05, 0) is 50.2 Å². The number of hydrogen-bond acceptors (Lipinski definition) is 6. The molecule has 0 saturated carbocycles. The monoisotopic (exact) mass is 461 g/mol. The fourth-order valence-corrected chi connectivity index (χ4v) is 4.38. The molecule has 0 aliphatic carbocycles. The predicted octanol–water partition coefficient (Wildman–Crippen LogP) is 5.14. The number of ether oxygens (including phenoxy) is 1. The van der Waals surface area contributed by atoms with Crippen molar-refractivity contribution in [3.05, 3.63) is 77.2 Å². The summed E-state index contributed by atoms with van der Waals surface area (Å²) in [7, 11) is 0. The molecule has 0 bridgehead atoms. The Labute approximate surface area is 196 Å². The van der Waals surface area contributed by atoms with Crippen LogP contribution in [0.4, 0.5) is 5.82 Å². The molecule has 8 heteroatoms. The summed E-state index contributed by atoms with van der Waals surface area (Å²) in [5, 5.41) is 4.37. The summed E-state index contributed by atoms with van der Waals surface area (Å²) in [6.07, 6.45) is 5.67. The van der Waals surface area contributed by atoms with Crippen molar-refractivity contribution in [2.24, 2.45) is 0 Å². The van der Waals surface area contributed by atoms with Gasteiger partial charge in [-0.25, -0.2) is 9.97 Å². The third kappa shape index (κ3) is 4.69. The van der Waals surface area contributed by atoms with Crippen LogP contribution in [-0.4, -0.2) is 51.8 Å². The summed E-state index contributed by atoms with van der Waals surface area (Å²) in [4.78, 5) is 27.6. The number of nitrogens with one attached hydrogen (secondary N) is 2. The molecule has 1 aliphatic rings. The molecule has 1 aliphatic heterocycles. The molecule has 0 radical (unpaired) electrons. The number of fused-ring (bicyclic) bond motifs is 1. The largest absolute Gasteiger partial charge is 0.457 e. The number of carbonyl (C=O) groups is 1. The van der Waals surface area contributed by atoms with E-state index in [1.165, 1.54) is 19.2 Å². The standard InChI is InChI=1S/C25H24ClN5O2/c26-21-14-18(33-17-6-2-1-3-7-17)8-9-19(21)23(32)20-15-28-25-22(20)24(29-16-30-25)27-10-13-31-11-4-5-12-31/h1-3,6-9,14-16H,4-5,10-13H2,(H2,27,28,29,30). The summed E-state index contributed by atoms with van der Waals surface area (Å²) in [6.45, 7) is 3.96. The molecular weight excluding hydrogens is 438 g/mol. The van der Waals surface area contributed by atoms with Crippen molar-refractivity contribution in [2.45, 2.75) is 12.8 Å². The second-order valence-electron chi connectivity index (χ2n) is 8.01. The van der Waals surface area contributed by atoms with E-state index in [0.29, 0.717) is 44.5 Å². The third-order valence-electron chi connectivity index (χ3n) is 5.80. The van der Waals surface area contributed by atoms with Crippen LogP contribution in [0.3, 0.4) is 0 Å². The summed E-state index contributed by atoms with van der Waals surface area (Å²) < 4.78 is 5.82. The van der Waals surface area contributed by atoms with Gasteiger partial charge in [-0.1, -0.05) is 29.8 Å². The van der Waals surface area contributed by atoms with Gasteiger partial charge in [-0.15, -0.1) is 0 Å². The van der Waals surface area contributed by atoms with Gasteiger partial charge >= 0.3 is 0 Å². The van der Waals surface area contributed by atoms with Crippen LogP contribution in [0.25, 0.3) is 11.0 Å². The van der Waals surface area contributed by atoms with Crippen LogP contribution in [0.1, 0.15) is 28.8 Å². The van der Waals surface area contributed by atoms with Gasteiger partial charge in [-0.2, -0.15) is 0 Å². The van der Waals surface area contributed by atoms with Gasteiger partial charge in [0, 0.05) is 30.9 Å². The van der Waals surface area contributed by atoms with Crippen LogP contribution in [-0.2, 0) is 0 Å². The Morgan fingerprint density at radius 2 is 1.88 bits per heavy atom. The Morgan fingerprint density at radius 1 is 1.06 bits per heavy atom. The first kappa shape index (κ1) is 21.4. The highest BCUT2D eigenvalue weighted by Crippen LogP contribution is 2.31. The number of carbonyl (C=O) groups excluding carboxylic acids is 1. The number of ketones is 1. The van der Waals surface area contributed by atoms with E-state index in [9.17, 15) is 4.79 Å². The van der Waals surface area contributed by atoms with Gasteiger partial charge in [0.05, 0.1) is 16.0 Å². The number of anilines is 1. The van der Waals surface area contributed by atoms with Crippen molar-refractivity contribution in [3.63, 3.8) is 0 Å². The van der Waals surface area contributed by atoms with Gasteiger partial charge in [0.2, 0.25) is 0 Å². The number of rotatable bonds is 8. The number of para-hydroxylation sites is 1. The second-order valence-corrected chi connectivity index (χ2v) is 8.42. The highest BCUT2D eigenvalue weighted by atomic mass is 35.5. The van der Waals surface area contributed by atoms with Crippen LogP contribution in [0.5, 0.6) is 11.5 Å². The Kier molecular flexibility index (Phi) is 6.24. The van der Waals surface area contributed by atoms with E-state index in [4.69, 9.17) is 16.3 Å². The lowest BCUT2D eigenvalue weighted by atomic mass is 10.0. The lowest BCUT2D eigenvalue weighted by Crippen LogP contribution is -2.26. The number of benzene rings is 2. The quantitative estimate of drug-likeness (QED) is 0.353. The SMILES string of the molecule is O=C(c1ccc(Oc2ccccc2)cc1Cl)c1c[nH]c2ncnc(NCCN3CCCC3)c12. The predicted molar refractivity (Wildman–Crippen MR) is 129 cm³/mol. The number of nitrogens with zero attached hydrogens (tertiary/aromatic N) is 3. The minimum absolute atomic E-state index is 0.199. The lowest BCUT2D eigenvalue weighted by molar-refractivity contribution is 0.104. The zero-order valence-corrected chi connectivity index (χ0v) is 18.8. The summed E-state index contributed by atoms with van der Waals surface area (Å²) in [6, 6.07) is 14.5. The van der Waals surface area contributed by atoms with E-state index in [-0.39, 0.29) is 5.78 Å². The highest BCUT2D eigenvalue weighted by Gasteiger charge is 2.21. The van der Waals surface area contributed by atoms with Gasteiger partial charge in [0.25, 0.3) is 0 Å². The lowest BCUT2D eigenvalue weighted by Gasteiger charge is -2.15. The number of aromatic nitrogens is 3. The Hall–Kier alpha value is -3.42. The maximum absolute atomic E-state index is 13.4. The van der Waals surface area contributed by atoms with Crippen LogP contribution in [0, 0.1) is 0 Å². The fourth-order valence-electron chi connectivity index (χ4n) is 4.13. The molecule has 2 aromatic heterocycles. The van der Waals surface area contributed by atoms with E-state index in [1.54, 1.807) is 24.4 Å². The van der Waals surface area contributed by atoms with Crippen LogP contribution >= 0.6 is 11.6 Å². The maximum atomic E-state index is 13.4. The summed E-state index contributed by atoms with van der Waals surface area (Å²) in [5.41, 5.74) is 1.48. The number of H-pyrrole nitrogens is 1. The summed E-state index contributed by atoms with van der Waals surface area (Å²) >= 11 is 6.49. The van der Waals surface area contributed by atoms with Crippen molar-refractivity contribution < 1.29 is 9.53 Å². The second kappa shape index (κ2) is 9.60. The van der Waals surface area contributed by atoms with E-state index >= 15 is 0 Å². The molecule has 1 saturated heterocycles. The molecule has 3 heterocycles. The number of halogens is 1. The van der Waals surface area contributed by atoms with Crippen molar-refractivity contribution in [2.75, 3.05) is 31.5 Å². The topological polar surface area (TPSA) is 83.1 Å². The molecule has 33 heavy (non-hydrogen) atoms. The number of aromatic amines is 1. The fraction of sp³-hybridized carbons (Fsp3) is 0.240. The molecule has 0 atom stereocenters. The molecule has 0 spiro atoms. The molecule has 2 aromatic carbocycles. The normalized spacial score (nSPS) is 14.0. The molecular formula is C25H24ClN5O2. The molecule has 7 nitrogen and oxygen atoms in total. The molecule has 0 amide bonds. The maximum Gasteiger partial charge on any atom is 0.196 e. The Balaban J connectivity index is 1.37. The average Bonchev–Trinajstić information content (AvgIpc) is 3.50. The molecule has 1 fully saturated rings. The molecule has 4 aromatic rings. The third-order valence-corrected chi connectivity index (χ3v) is 6.11. The van der Waals surface area contributed by atoms with Crippen LogP contribution in [0.15, 0.2) is 61.1 Å². The van der Waals surface area contributed by atoms with Crippen molar-refractivity contribution in [1.29, 1.82) is 0 Å². The summed E-state index contributed by atoms with van der Waals surface area (Å²) in [5.74, 6) is 1.71. The first-order chi connectivity index (χ1) is 16.2. The van der Waals surface area contributed by atoms with E-state index in [0.717, 1.165) is 26.2 Å². The minimum atomic E-state index is -0.199. The smallest absolute Gasteiger partial charge is 0.196 e. The minimum Gasteiger partial charge on any atom is -0.457 e. The van der Waals surface area contributed by atoms with E-state index in [1.807, 2.05) is 30.3 Å². The van der Waals surface area contributed by atoms with Crippen LogP contribution < -0.4 is 10.1 Å².